The lowest BCUT2D eigenvalue weighted by molar-refractivity contribution is 0.194. The van der Waals surface area contributed by atoms with Crippen LogP contribution in [0.4, 0.5) is 0 Å². The summed E-state index contributed by atoms with van der Waals surface area (Å²) in [5.74, 6) is 1.45. The lowest BCUT2D eigenvalue weighted by atomic mass is 10.2. The molecule has 2 N–H and O–H groups in total. The van der Waals surface area contributed by atoms with Gasteiger partial charge >= 0.3 is 0 Å². The van der Waals surface area contributed by atoms with Gasteiger partial charge in [-0.1, -0.05) is 6.07 Å². The van der Waals surface area contributed by atoms with Gasteiger partial charge in [0, 0.05) is 12.6 Å². The fourth-order valence-corrected chi connectivity index (χ4v) is 1.76. The van der Waals surface area contributed by atoms with E-state index in [0.717, 1.165) is 12.3 Å². The summed E-state index contributed by atoms with van der Waals surface area (Å²) >= 11 is 0. The smallest absolute Gasteiger partial charge is 0.161 e. The third kappa shape index (κ3) is 3.89. The maximum absolute atomic E-state index is 8.78. The predicted octanol–water partition coefficient (Wildman–Crippen LogP) is 1.71. The van der Waals surface area contributed by atoms with Gasteiger partial charge in [-0.3, -0.25) is 0 Å². The summed E-state index contributed by atoms with van der Waals surface area (Å²) in [5, 5.41) is 12.2. The monoisotopic (exact) mass is 251 g/mol. The summed E-state index contributed by atoms with van der Waals surface area (Å²) in [4.78, 5) is 0. The van der Waals surface area contributed by atoms with E-state index in [9.17, 15) is 0 Å². The number of hydrogen-bond donors (Lipinski definition) is 2. The number of aliphatic hydroxyl groups excluding tert-OH is 1. The highest BCUT2D eigenvalue weighted by Gasteiger charge is 2.20. The molecule has 0 bridgehead atoms. The molecule has 2 rings (SSSR count). The van der Waals surface area contributed by atoms with Gasteiger partial charge in [0.25, 0.3) is 0 Å². The quantitative estimate of drug-likeness (QED) is 0.738. The Morgan fingerprint density at radius 2 is 2.11 bits per heavy atom. The third-order valence-corrected chi connectivity index (χ3v) is 2.83. The average molecular weight is 251 g/mol. The predicted molar refractivity (Wildman–Crippen MR) is 70.1 cm³/mol. The highest BCUT2D eigenvalue weighted by molar-refractivity contribution is 5.43. The van der Waals surface area contributed by atoms with Crippen LogP contribution in [0.3, 0.4) is 0 Å². The maximum Gasteiger partial charge on any atom is 0.161 e. The zero-order valence-corrected chi connectivity index (χ0v) is 10.8. The van der Waals surface area contributed by atoms with Crippen molar-refractivity contribution in [1.29, 1.82) is 0 Å². The molecule has 1 aliphatic carbocycles. The molecule has 100 valence electrons. The number of ether oxygens (including phenoxy) is 2. The summed E-state index contributed by atoms with van der Waals surface area (Å²) in [6, 6.07) is 6.65. The van der Waals surface area contributed by atoms with Crippen molar-refractivity contribution in [2.24, 2.45) is 0 Å². The van der Waals surface area contributed by atoms with Gasteiger partial charge in [-0.05, 0) is 37.5 Å². The van der Waals surface area contributed by atoms with Crippen LogP contribution in [0.5, 0.6) is 11.5 Å². The Morgan fingerprint density at radius 1 is 1.28 bits per heavy atom. The second kappa shape index (κ2) is 6.61. The van der Waals surface area contributed by atoms with Crippen LogP contribution in [0.1, 0.15) is 25.3 Å². The molecule has 1 saturated carbocycles. The van der Waals surface area contributed by atoms with Crippen LogP contribution in [0.25, 0.3) is 0 Å². The molecule has 0 saturated heterocycles. The molecular formula is C14H21NO3. The fourth-order valence-electron chi connectivity index (χ4n) is 1.76. The summed E-state index contributed by atoms with van der Waals surface area (Å²) in [6.07, 6.45) is 2.58. The number of hydrogen-bond acceptors (Lipinski definition) is 4. The fraction of sp³-hybridized carbons (Fsp3) is 0.571. The van der Waals surface area contributed by atoms with Crippen molar-refractivity contribution in [3.8, 4) is 11.5 Å². The second-order valence-electron chi connectivity index (χ2n) is 4.44. The van der Waals surface area contributed by atoms with Gasteiger partial charge in [0.15, 0.2) is 11.5 Å². The molecule has 4 heteroatoms. The van der Waals surface area contributed by atoms with Crippen LogP contribution in [0, 0.1) is 0 Å². The van der Waals surface area contributed by atoms with Crippen LogP contribution in [0.15, 0.2) is 18.2 Å². The van der Waals surface area contributed by atoms with Gasteiger partial charge in [0.2, 0.25) is 0 Å². The normalized spacial score (nSPS) is 14.6. The van der Waals surface area contributed by atoms with Gasteiger partial charge in [0.1, 0.15) is 6.61 Å². The van der Waals surface area contributed by atoms with E-state index in [1.807, 2.05) is 25.1 Å². The van der Waals surface area contributed by atoms with E-state index in [2.05, 4.69) is 5.32 Å². The van der Waals surface area contributed by atoms with Crippen molar-refractivity contribution in [1.82, 2.24) is 5.32 Å². The van der Waals surface area contributed by atoms with Crippen molar-refractivity contribution in [3.63, 3.8) is 0 Å². The number of aliphatic hydroxyl groups is 1. The Kier molecular flexibility index (Phi) is 4.84. The third-order valence-electron chi connectivity index (χ3n) is 2.83. The van der Waals surface area contributed by atoms with Gasteiger partial charge in [0.05, 0.1) is 13.2 Å². The standard InChI is InChI=1S/C14H21NO3/c1-2-17-14-9-11(10-15-12-4-5-12)3-6-13(14)18-8-7-16/h3,6,9,12,15-16H,2,4-5,7-8,10H2,1H3. The zero-order valence-electron chi connectivity index (χ0n) is 10.8. The molecule has 0 radical (unpaired) electrons. The Labute approximate surface area is 108 Å². The maximum atomic E-state index is 8.78. The molecule has 0 heterocycles. The first-order chi connectivity index (χ1) is 8.83. The molecule has 0 aliphatic heterocycles. The van der Waals surface area contributed by atoms with Gasteiger partial charge in [-0.15, -0.1) is 0 Å². The molecule has 1 aliphatic rings. The Hall–Kier alpha value is -1.26. The largest absolute Gasteiger partial charge is 0.490 e. The summed E-state index contributed by atoms with van der Waals surface area (Å²) in [6.45, 7) is 3.72. The minimum atomic E-state index is 0.0105. The molecule has 0 aromatic heterocycles. The topological polar surface area (TPSA) is 50.7 Å². The van der Waals surface area contributed by atoms with E-state index in [-0.39, 0.29) is 6.61 Å². The molecule has 0 unspecified atom stereocenters. The molecular weight excluding hydrogens is 230 g/mol. The summed E-state index contributed by atoms with van der Waals surface area (Å²) in [5.41, 5.74) is 1.20. The van der Waals surface area contributed by atoms with Crippen molar-refractivity contribution < 1.29 is 14.6 Å². The van der Waals surface area contributed by atoms with Crippen LogP contribution in [-0.2, 0) is 6.54 Å². The van der Waals surface area contributed by atoms with Crippen LogP contribution >= 0.6 is 0 Å². The zero-order chi connectivity index (χ0) is 12.8. The molecule has 18 heavy (non-hydrogen) atoms. The Balaban J connectivity index is 2.00. The minimum Gasteiger partial charge on any atom is -0.490 e. The molecule has 0 amide bonds. The van der Waals surface area contributed by atoms with Gasteiger partial charge in [-0.2, -0.15) is 0 Å². The minimum absolute atomic E-state index is 0.0105. The van der Waals surface area contributed by atoms with E-state index in [0.29, 0.717) is 25.0 Å². The molecule has 0 atom stereocenters. The average Bonchev–Trinajstić information content (AvgIpc) is 3.20. The van der Waals surface area contributed by atoms with E-state index < -0.39 is 0 Å². The lowest BCUT2D eigenvalue weighted by Crippen LogP contribution is -2.15. The van der Waals surface area contributed by atoms with Crippen molar-refractivity contribution in [2.45, 2.75) is 32.4 Å². The van der Waals surface area contributed by atoms with Crippen molar-refractivity contribution in [3.05, 3.63) is 23.8 Å². The highest BCUT2D eigenvalue weighted by atomic mass is 16.5. The number of nitrogens with one attached hydrogen (secondary N) is 1. The number of rotatable bonds is 8. The van der Waals surface area contributed by atoms with E-state index >= 15 is 0 Å². The summed E-state index contributed by atoms with van der Waals surface area (Å²) < 4.78 is 11.0. The lowest BCUT2D eigenvalue weighted by Gasteiger charge is -2.13. The first-order valence-electron chi connectivity index (χ1n) is 6.56. The number of benzene rings is 1. The molecule has 1 fully saturated rings. The van der Waals surface area contributed by atoms with Crippen LogP contribution in [0.2, 0.25) is 0 Å². The molecule has 1 aromatic rings. The SMILES string of the molecule is CCOc1cc(CNC2CC2)ccc1OCCO. The van der Waals surface area contributed by atoms with Crippen LogP contribution in [-0.4, -0.2) is 31.0 Å². The van der Waals surface area contributed by atoms with E-state index in [1.165, 1.54) is 18.4 Å². The first kappa shape index (κ1) is 13.2. The van der Waals surface area contributed by atoms with Crippen LogP contribution < -0.4 is 14.8 Å². The molecule has 0 spiro atoms. The first-order valence-corrected chi connectivity index (χ1v) is 6.56. The molecule has 4 nitrogen and oxygen atoms in total. The molecule has 1 aromatic carbocycles. The Morgan fingerprint density at radius 3 is 2.78 bits per heavy atom. The van der Waals surface area contributed by atoms with Gasteiger partial charge < -0.3 is 19.9 Å². The van der Waals surface area contributed by atoms with E-state index in [4.69, 9.17) is 14.6 Å². The van der Waals surface area contributed by atoms with Crippen molar-refractivity contribution in [2.75, 3.05) is 19.8 Å². The highest BCUT2D eigenvalue weighted by Crippen LogP contribution is 2.29. The van der Waals surface area contributed by atoms with E-state index in [1.54, 1.807) is 0 Å². The van der Waals surface area contributed by atoms with Crippen molar-refractivity contribution >= 4 is 0 Å². The summed E-state index contributed by atoms with van der Waals surface area (Å²) in [7, 11) is 0. The van der Waals surface area contributed by atoms with Gasteiger partial charge in [-0.25, -0.2) is 0 Å². The Bertz CT molecular complexity index is 377. The second-order valence-corrected chi connectivity index (χ2v) is 4.44.